The van der Waals surface area contributed by atoms with Crippen molar-refractivity contribution in [2.45, 2.75) is 25.7 Å². The maximum absolute atomic E-state index is 12.5. The van der Waals surface area contributed by atoms with Gasteiger partial charge in [-0.2, -0.15) is 0 Å². The molecule has 0 aliphatic carbocycles. The average Bonchev–Trinajstić information content (AvgIpc) is 2.69. The van der Waals surface area contributed by atoms with Crippen LogP contribution in [0.1, 0.15) is 36.0 Å². The number of benzene rings is 1. The van der Waals surface area contributed by atoms with E-state index in [-0.39, 0.29) is 36.0 Å². The summed E-state index contributed by atoms with van der Waals surface area (Å²) in [5.74, 6) is -0.523. The number of methoxy groups -OCH3 is 1. The molecule has 2 aliphatic rings. The molecule has 2 fully saturated rings. The van der Waals surface area contributed by atoms with Crippen molar-refractivity contribution in [3.8, 4) is 0 Å². The molecule has 146 valence electrons. The minimum Gasteiger partial charge on any atom is -0.384 e. The van der Waals surface area contributed by atoms with Crippen LogP contribution in [0.2, 0.25) is 0 Å². The van der Waals surface area contributed by atoms with E-state index >= 15 is 0 Å². The van der Waals surface area contributed by atoms with Crippen molar-refractivity contribution in [3.05, 3.63) is 29.8 Å². The highest BCUT2D eigenvalue weighted by atomic mass is 16.5. The Kier molecular flexibility index (Phi) is 6.08. The van der Waals surface area contributed by atoms with Crippen LogP contribution in [-0.2, 0) is 14.3 Å². The van der Waals surface area contributed by atoms with Gasteiger partial charge in [0.15, 0.2) is 0 Å². The third-order valence-electron chi connectivity index (χ3n) is 5.18. The molecule has 27 heavy (non-hydrogen) atoms. The second-order valence-corrected chi connectivity index (χ2v) is 7.18. The zero-order valence-corrected chi connectivity index (χ0v) is 15.5. The molecule has 0 unspecified atom stereocenters. The van der Waals surface area contributed by atoms with Crippen LogP contribution in [0.5, 0.6) is 0 Å². The van der Waals surface area contributed by atoms with Crippen LogP contribution in [0.15, 0.2) is 24.3 Å². The van der Waals surface area contributed by atoms with Crippen molar-refractivity contribution >= 4 is 23.4 Å². The molecule has 0 atom stereocenters. The van der Waals surface area contributed by atoms with E-state index in [0.717, 1.165) is 25.9 Å². The van der Waals surface area contributed by atoms with Gasteiger partial charge in [-0.05, 0) is 50.2 Å². The Labute approximate surface area is 158 Å². The van der Waals surface area contributed by atoms with Crippen LogP contribution in [0.3, 0.4) is 0 Å². The smallest absolute Gasteiger partial charge is 0.251 e. The normalized spacial score (nSPS) is 19.5. The zero-order valence-electron chi connectivity index (χ0n) is 15.5. The minimum atomic E-state index is -0.193. The number of hydrogen-bond donors (Lipinski definition) is 3. The summed E-state index contributed by atoms with van der Waals surface area (Å²) < 4.78 is 5.37. The third-order valence-corrected chi connectivity index (χ3v) is 5.18. The third kappa shape index (κ3) is 4.64. The number of nitrogens with one attached hydrogen (secondary N) is 3. The number of hydrogen-bond acceptors (Lipinski definition) is 5. The number of rotatable bonds is 6. The van der Waals surface area contributed by atoms with Crippen molar-refractivity contribution in [2.24, 2.45) is 5.41 Å². The topological polar surface area (TPSA) is 99.8 Å². The van der Waals surface area contributed by atoms with Gasteiger partial charge < -0.3 is 15.4 Å². The molecular weight excluding hydrogens is 348 g/mol. The molecule has 2 heterocycles. The SMILES string of the molecule is COCC1(CNC(=O)c2ccc(N3NC(=O)CCC3=O)cc2)CCNCC1. The van der Waals surface area contributed by atoms with E-state index < -0.39 is 0 Å². The van der Waals surface area contributed by atoms with Gasteiger partial charge >= 0.3 is 0 Å². The van der Waals surface area contributed by atoms with Gasteiger partial charge in [0.25, 0.3) is 5.91 Å². The molecule has 3 rings (SSSR count). The van der Waals surface area contributed by atoms with Crippen LogP contribution in [-0.4, -0.2) is 51.1 Å². The Morgan fingerprint density at radius 2 is 1.89 bits per heavy atom. The van der Waals surface area contributed by atoms with Gasteiger partial charge in [0.1, 0.15) is 0 Å². The molecule has 8 heteroatoms. The highest BCUT2D eigenvalue weighted by molar-refractivity contribution is 6.01. The fraction of sp³-hybridized carbons (Fsp3) is 0.526. The van der Waals surface area contributed by atoms with Crippen molar-refractivity contribution in [1.29, 1.82) is 0 Å². The van der Waals surface area contributed by atoms with Crippen molar-refractivity contribution < 1.29 is 19.1 Å². The van der Waals surface area contributed by atoms with Crippen molar-refractivity contribution in [1.82, 2.24) is 16.1 Å². The zero-order chi connectivity index (χ0) is 19.3. The number of hydrazine groups is 1. The lowest BCUT2D eigenvalue weighted by Gasteiger charge is -2.37. The fourth-order valence-corrected chi connectivity index (χ4v) is 3.55. The Hall–Kier alpha value is -2.45. The molecule has 0 aromatic heterocycles. The van der Waals surface area contributed by atoms with Gasteiger partial charge in [-0.3, -0.25) is 19.8 Å². The summed E-state index contributed by atoms with van der Waals surface area (Å²) >= 11 is 0. The number of carbonyl (C=O) groups is 3. The van der Waals surface area contributed by atoms with Gasteiger partial charge in [-0.1, -0.05) is 0 Å². The first-order valence-corrected chi connectivity index (χ1v) is 9.23. The van der Waals surface area contributed by atoms with E-state index in [1.165, 1.54) is 5.01 Å². The summed E-state index contributed by atoms with van der Waals surface area (Å²) in [5, 5.41) is 7.58. The summed E-state index contributed by atoms with van der Waals surface area (Å²) in [6.45, 7) is 3.02. The lowest BCUT2D eigenvalue weighted by molar-refractivity contribution is -0.130. The molecular formula is C19H26N4O4. The van der Waals surface area contributed by atoms with Gasteiger partial charge in [0.05, 0.1) is 12.3 Å². The Bertz CT molecular complexity index is 693. The average molecular weight is 374 g/mol. The van der Waals surface area contributed by atoms with Crippen molar-refractivity contribution in [2.75, 3.05) is 38.4 Å². The second-order valence-electron chi connectivity index (χ2n) is 7.18. The first-order valence-electron chi connectivity index (χ1n) is 9.23. The molecule has 0 saturated carbocycles. The summed E-state index contributed by atoms with van der Waals surface area (Å²) in [5.41, 5.74) is 3.55. The molecule has 1 aromatic carbocycles. The molecule has 0 radical (unpaired) electrons. The van der Waals surface area contributed by atoms with Gasteiger partial charge in [0.2, 0.25) is 11.8 Å². The molecule has 1 aromatic rings. The predicted octanol–water partition coefficient (Wildman–Crippen LogP) is 0.591. The van der Waals surface area contributed by atoms with Crippen LogP contribution in [0, 0.1) is 5.41 Å². The number of amides is 3. The largest absolute Gasteiger partial charge is 0.384 e. The molecule has 0 bridgehead atoms. The Balaban J connectivity index is 1.61. The lowest BCUT2D eigenvalue weighted by atomic mass is 9.79. The molecule has 2 aliphatic heterocycles. The predicted molar refractivity (Wildman–Crippen MR) is 100 cm³/mol. The lowest BCUT2D eigenvalue weighted by Crippen LogP contribution is -2.50. The molecule has 2 saturated heterocycles. The highest BCUT2D eigenvalue weighted by Gasteiger charge is 2.32. The number of piperidine rings is 1. The van der Waals surface area contributed by atoms with Gasteiger partial charge in [-0.15, -0.1) is 0 Å². The van der Waals surface area contributed by atoms with E-state index in [1.807, 2.05) is 0 Å². The summed E-state index contributed by atoms with van der Waals surface area (Å²) in [7, 11) is 1.69. The first kappa shape index (κ1) is 19.3. The second kappa shape index (κ2) is 8.49. The summed E-state index contributed by atoms with van der Waals surface area (Å²) in [6.07, 6.45) is 2.30. The van der Waals surface area contributed by atoms with E-state index in [1.54, 1.807) is 31.4 Å². The van der Waals surface area contributed by atoms with E-state index in [0.29, 0.717) is 24.4 Å². The highest BCUT2D eigenvalue weighted by Crippen LogP contribution is 2.28. The molecule has 0 spiro atoms. The quantitative estimate of drug-likeness (QED) is 0.677. The van der Waals surface area contributed by atoms with Crippen molar-refractivity contribution in [3.63, 3.8) is 0 Å². The first-order chi connectivity index (χ1) is 13.0. The van der Waals surface area contributed by atoms with Crippen LogP contribution >= 0.6 is 0 Å². The number of ether oxygens (including phenoxy) is 1. The van der Waals surface area contributed by atoms with Crippen LogP contribution in [0.25, 0.3) is 0 Å². The van der Waals surface area contributed by atoms with Gasteiger partial charge in [0, 0.05) is 37.5 Å². The number of carbonyl (C=O) groups excluding carboxylic acids is 3. The molecule has 3 N–H and O–H groups in total. The number of nitrogens with zero attached hydrogens (tertiary/aromatic N) is 1. The summed E-state index contributed by atoms with van der Waals surface area (Å²) in [4.78, 5) is 36.0. The van der Waals surface area contributed by atoms with Crippen LogP contribution < -0.4 is 21.1 Å². The molecule has 8 nitrogen and oxygen atoms in total. The monoisotopic (exact) mass is 374 g/mol. The summed E-state index contributed by atoms with van der Waals surface area (Å²) in [6, 6.07) is 6.63. The van der Waals surface area contributed by atoms with E-state index in [4.69, 9.17) is 4.74 Å². The Morgan fingerprint density at radius 1 is 1.19 bits per heavy atom. The fourth-order valence-electron chi connectivity index (χ4n) is 3.55. The Morgan fingerprint density at radius 3 is 2.56 bits per heavy atom. The maximum atomic E-state index is 12.5. The number of anilines is 1. The van der Waals surface area contributed by atoms with E-state index in [2.05, 4.69) is 16.1 Å². The van der Waals surface area contributed by atoms with Gasteiger partial charge in [-0.25, -0.2) is 5.01 Å². The maximum Gasteiger partial charge on any atom is 0.251 e. The molecule has 3 amide bonds. The minimum absolute atomic E-state index is 0.0416. The standard InChI is InChI=1S/C19H26N4O4/c1-27-13-19(8-10-20-11-9-19)12-21-18(26)14-2-4-15(5-3-14)23-17(25)7-6-16(24)22-23/h2-5,20H,6-13H2,1H3,(H,21,26)(H,22,24). The van der Waals surface area contributed by atoms with Crippen LogP contribution in [0.4, 0.5) is 5.69 Å². The van der Waals surface area contributed by atoms with E-state index in [9.17, 15) is 14.4 Å².